The molecule has 1 aromatic rings. The van der Waals surface area contributed by atoms with Crippen LogP contribution < -0.4 is 0 Å². The summed E-state index contributed by atoms with van der Waals surface area (Å²) in [5.74, 6) is 0. The molecule has 0 nitrogen and oxygen atoms in total. The summed E-state index contributed by atoms with van der Waals surface area (Å²) in [5.41, 5.74) is -1.13. The average Bonchev–Trinajstić information content (AvgIpc) is 2.15. The summed E-state index contributed by atoms with van der Waals surface area (Å²) in [4.78, 5) is 0. The van der Waals surface area contributed by atoms with Crippen molar-refractivity contribution in [1.29, 1.82) is 0 Å². The predicted octanol–water partition coefficient (Wildman–Crippen LogP) is 4.60. The van der Waals surface area contributed by atoms with Gasteiger partial charge >= 0.3 is 12.4 Å². The Kier molecular flexibility index (Phi) is 4.06. The lowest BCUT2D eigenvalue weighted by atomic mass is 10.0. The lowest BCUT2D eigenvalue weighted by Gasteiger charge is -2.12. The number of halogens is 6. The molecule has 0 aliphatic heterocycles. The van der Waals surface area contributed by atoms with Crippen LogP contribution in [0.5, 0.6) is 0 Å². The van der Waals surface area contributed by atoms with E-state index in [1.54, 1.807) is 0 Å². The Bertz CT molecular complexity index is 363. The molecule has 0 fully saturated rings. The molecule has 0 heterocycles. The van der Waals surface area contributed by atoms with Crippen molar-refractivity contribution in [2.24, 2.45) is 0 Å². The van der Waals surface area contributed by atoms with Gasteiger partial charge in [-0.2, -0.15) is 26.3 Å². The van der Waals surface area contributed by atoms with Crippen LogP contribution in [0.2, 0.25) is 0 Å². The van der Waals surface area contributed by atoms with Crippen molar-refractivity contribution in [1.82, 2.24) is 0 Å². The molecule has 0 N–H and O–H groups in total. The summed E-state index contributed by atoms with van der Waals surface area (Å²) < 4.78 is 73.0. The molecule has 0 spiro atoms. The molecule has 0 saturated carbocycles. The maximum Gasteiger partial charge on any atom is 0.416 e. The van der Waals surface area contributed by atoms with Crippen LogP contribution in [0.25, 0.3) is 0 Å². The quantitative estimate of drug-likeness (QED) is 0.692. The number of hydrogen-bond donors (Lipinski definition) is 0. The topological polar surface area (TPSA) is 0 Å². The lowest BCUT2D eigenvalue weighted by Crippen LogP contribution is -2.10. The van der Waals surface area contributed by atoms with Gasteiger partial charge in [-0.05, 0) is 24.5 Å². The summed E-state index contributed by atoms with van der Waals surface area (Å²) in [6.07, 6.45) is -9.54. The number of alkyl halides is 6. The second kappa shape index (κ2) is 4.98. The molecule has 6 heteroatoms. The van der Waals surface area contributed by atoms with E-state index in [0.29, 0.717) is 0 Å². The second-order valence-electron chi connectivity index (χ2n) is 3.44. The molecule has 17 heavy (non-hydrogen) atoms. The highest BCUT2D eigenvalue weighted by atomic mass is 19.4. The van der Waals surface area contributed by atoms with E-state index in [2.05, 4.69) is 0 Å². The Morgan fingerprint density at radius 3 is 2.06 bits per heavy atom. The summed E-state index contributed by atoms with van der Waals surface area (Å²) in [5, 5.41) is 0. The van der Waals surface area contributed by atoms with Gasteiger partial charge in [-0.3, -0.25) is 0 Å². The van der Waals surface area contributed by atoms with Crippen molar-refractivity contribution in [3.05, 3.63) is 41.8 Å². The molecule has 1 rings (SSSR count). The van der Waals surface area contributed by atoms with Gasteiger partial charge in [0.05, 0.1) is 5.56 Å². The van der Waals surface area contributed by atoms with E-state index in [0.717, 1.165) is 18.6 Å². The van der Waals surface area contributed by atoms with Gasteiger partial charge in [0.2, 0.25) is 0 Å². The first-order valence-corrected chi connectivity index (χ1v) is 4.76. The number of hydrogen-bond acceptors (Lipinski definition) is 0. The third-order valence-corrected chi connectivity index (χ3v) is 2.06. The van der Waals surface area contributed by atoms with Gasteiger partial charge in [-0.15, -0.1) is 0 Å². The molecule has 0 atom stereocenters. The minimum Gasteiger partial charge on any atom is -0.171 e. The molecule has 0 amide bonds. The Balaban J connectivity index is 2.72. The predicted molar refractivity (Wildman–Crippen MR) is 50.1 cm³/mol. The SMILES string of the molecule is FC(F)(F)CC[CH]c1ccccc1C(F)(F)F. The van der Waals surface area contributed by atoms with E-state index >= 15 is 0 Å². The zero-order valence-electron chi connectivity index (χ0n) is 8.57. The van der Waals surface area contributed by atoms with Crippen molar-refractivity contribution in [3.8, 4) is 0 Å². The second-order valence-corrected chi connectivity index (χ2v) is 3.44. The third-order valence-electron chi connectivity index (χ3n) is 2.06. The summed E-state index contributed by atoms with van der Waals surface area (Å²) in [6, 6.07) is 4.55. The van der Waals surface area contributed by atoms with Crippen LogP contribution >= 0.6 is 0 Å². The van der Waals surface area contributed by atoms with Gasteiger partial charge in [0.25, 0.3) is 0 Å². The smallest absolute Gasteiger partial charge is 0.171 e. The Morgan fingerprint density at radius 1 is 0.941 bits per heavy atom. The van der Waals surface area contributed by atoms with Crippen molar-refractivity contribution >= 4 is 0 Å². The van der Waals surface area contributed by atoms with Crippen LogP contribution in [0.1, 0.15) is 24.0 Å². The molecular weight excluding hydrogens is 246 g/mol. The van der Waals surface area contributed by atoms with Gasteiger partial charge in [-0.1, -0.05) is 18.2 Å². The molecule has 0 bridgehead atoms. The molecule has 1 radical (unpaired) electrons. The lowest BCUT2D eigenvalue weighted by molar-refractivity contribution is -0.138. The largest absolute Gasteiger partial charge is 0.416 e. The molecular formula is C11H9F6. The van der Waals surface area contributed by atoms with Gasteiger partial charge in [0.1, 0.15) is 0 Å². The molecule has 95 valence electrons. The Morgan fingerprint density at radius 2 is 1.53 bits per heavy atom. The van der Waals surface area contributed by atoms with Crippen molar-refractivity contribution < 1.29 is 26.3 Å². The van der Waals surface area contributed by atoms with Crippen LogP contribution in [-0.4, -0.2) is 6.18 Å². The zero-order chi connectivity index (χ0) is 13.1. The van der Waals surface area contributed by atoms with E-state index in [-0.39, 0.29) is 5.56 Å². The minimum atomic E-state index is -4.55. The first-order valence-electron chi connectivity index (χ1n) is 4.76. The number of rotatable bonds is 3. The standard InChI is InChI=1S/C11H9F6/c12-10(13,14)7-3-5-8-4-1-2-6-9(8)11(15,16)17/h1-2,4-6H,3,7H2. The molecule has 1 aromatic carbocycles. The monoisotopic (exact) mass is 255 g/mol. The first-order chi connectivity index (χ1) is 7.70. The van der Waals surface area contributed by atoms with E-state index in [1.807, 2.05) is 0 Å². The number of benzene rings is 1. The summed E-state index contributed by atoms with van der Waals surface area (Å²) in [6.45, 7) is 0. The summed E-state index contributed by atoms with van der Waals surface area (Å²) >= 11 is 0. The van der Waals surface area contributed by atoms with Crippen LogP contribution in [0, 0.1) is 6.42 Å². The van der Waals surface area contributed by atoms with Gasteiger partial charge < -0.3 is 0 Å². The third kappa shape index (κ3) is 4.66. The molecule has 0 unspecified atom stereocenters. The fraction of sp³-hybridized carbons (Fsp3) is 0.364. The summed E-state index contributed by atoms with van der Waals surface area (Å²) in [7, 11) is 0. The fourth-order valence-corrected chi connectivity index (χ4v) is 1.32. The maximum atomic E-state index is 12.5. The van der Waals surface area contributed by atoms with Gasteiger partial charge in [-0.25, -0.2) is 0 Å². The molecule has 0 aliphatic rings. The fourth-order valence-electron chi connectivity index (χ4n) is 1.32. The van der Waals surface area contributed by atoms with Crippen LogP contribution in [-0.2, 0) is 6.18 Å². The highest BCUT2D eigenvalue weighted by Crippen LogP contribution is 2.33. The normalized spacial score (nSPS) is 12.8. The van der Waals surface area contributed by atoms with E-state index in [4.69, 9.17) is 0 Å². The molecule has 0 saturated heterocycles. The average molecular weight is 255 g/mol. The van der Waals surface area contributed by atoms with E-state index in [9.17, 15) is 26.3 Å². The maximum absolute atomic E-state index is 12.5. The van der Waals surface area contributed by atoms with Crippen molar-refractivity contribution in [2.75, 3.05) is 0 Å². The van der Waals surface area contributed by atoms with Gasteiger partial charge in [0.15, 0.2) is 0 Å². The van der Waals surface area contributed by atoms with Crippen molar-refractivity contribution in [2.45, 2.75) is 25.2 Å². The van der Waals surface area contributed by atoms with Gasteiger partial charge in [0, 0.05) is 6.42 Å². The zero-order valence-corrected chi connectivity index (χ0v) is 8.57. The molecule has 0 aliphatic carbocycles. The first kappa shape index (κ1) is 13.9. The minimum absolute atomic E-state index is 0.218. The highest BCUT2D eigenvalue weighted by Gasteiger charge is 2.33. The van der Waals surface area contributed by atoms with E-state index in [1.165, 1.54) is 12.1 Å². The Hall–Kier alpha value is -1.20. The highest BCUT2D eigenvalue weighted by molar-refractivity contribution is 5.34. The van der Waals surface area contributed by atoms with Crippen LogP contribution in [0.3, 0.4) is 0 Å². The Labute approximate surface area is 94.2 Å². The van der Waals surface area contributed by atoms with E-state index < -0.39 is 30.8 Å². The van der Waals surface area contributed by atoms with Crippen LogP contribution in [0.4, 0.5) is 26.3 Å². The van der Waals surface area contributed by atoms with Crippen molar-refractivity contribution in [3.63, 3.8) is 0 Å². The van der Waals surface area contributed by atoms with Crippen LogP contribution in [0.15, 0.2) is 24.3 Å². The molecule has 0 aromatic heterocycles.